The van der Waals surface area contributed by atoms with Gasteiger partial charge in [0.25, 0.3) is 11.9 Å². The standard InChI is InChI=1S/C55H75N17O13.2C2H4O2.4H2O/c1-29(2)19-38(49(80)67-37(9-5-17-60-55(57)58)54(85)72-18-6-10-43(72)53(84)62-25-44(56)75)66-46(77)26-63-47(78)39(20-30-11-13-33(74)14-12-30)68-52(83)42(27-73)71-50(81)40(21-31-23-61-35-8-4-3-7-34(31)35)69-51(82)41(22-32-24-59-28-64-32)70-48(79)36-15-16-45(76)65-36;2*1-2(3)4;;;;/h3-4,7-8,11-14,23-24,28-29,36-43,61,73-74H,5-6,9-10,15-22,25-27H2,1-2H3,(H2,56,75)(H,59,64)(H,62,84)(H,63,78)(H,65,76)(H,66,77)(H,67,80)(H,68,83)(H,69,82)(H,70,79)(H,71,81)(H4,57,58,60);2*1H3,(H,3,4);4*1H2/t36-,37-,38-,39-,40-,41-,42-,43-;;;;;;/m0....../s1. The van der Waals surface area contributed by atoms with E-state index >= 15 is 0 Å². The summed E-state index contributed by atoms with van der Waals surface area (Å²) in [6, 6.07) is 2.37. The number of carbonyl (C=O) groups is 13. The first-order chi connectivity index (χ1) is 44.0. The average molecular weight is 1370 g/mol. The number of primary amides is 1. The lowest BCUT2D eigenvalue weighted by Crippen LogP contribution is -2.60. The second kappa shape index (κ2) is 43.2. The summed E-state index contributed by atoms with van der Waals surface area (Å²) in [4.78, 5) is 182. The number of aliphatic carboxylic acids is 2. The zero-order chi connectivity index (χ0) is 68.9. The number of nitrogens with one attached hydrogen (secondary N) is 11. The second-order valence-corrected chi connectivity index (χ2v) is 22.2. The third-order valence-corrected chi connectivity index (χ3v) is 14.1. The highest BCUT2D eigenvalue weighted by Crippen LogP contribution is 2.22. The number of phenols is 1. The van der Waals surface area contributed by atoms with Gasteiger partial charge in [-0.1, -0.05) is 44.2 Å². The van der Waals surface area contributed by atoms with E-state index in [1.54, 1.807) is 44.3 Å². The van der Waals surface area contributed by atoms with Crippen molar-refractivity contribution in [2.75, 3.05) is 32.8 Å². The third kappa shape index (κ3) is 30.0. The number of amides is 11. The number of aliphatic hydroxyl groups is 1. The van der Waals surface area contributed by atoms with Crippen LogP contribution in [0.3, 0.4) is 0 Å². The van der Waals surface area contributed by atoms with Crippen molar-refractivity contribution < 1.29 is 105 Å². The Kier molecular flexibility index (Phi) is 38.4. The van der Waals surface area contributed by atoms with E-state index < -0.39 is 139 Å². The number of H-pyrrole nitrogens is 2. The molecule has 4 heterocycles. The number of aliphatic hydroxyl groups excluding tert-OH is 1. The molecule has 2 saturated heterocycles. The van der Waals surface area contributed by atoms with E-state index in [0.717, 1.165) is 13.8 Å². The maximum atomic E-state index is 14.4. The molecule has 0 saturated carbocycles. The Hall–Kier alpha value is -10.8. The summed E-state index contributed by atoms with van der Waals surface area (Å²) in [5, 5.41) is 59.3. The van der Waals surface area contributed by atoms with Crippen molar-refractivity contribution in [2.24, 2.45) is 28.1 Å². The summed E-state index contributed by atoms with van der Waals surface area (Å²) in [6.45, 7) is 3.79. The van der Waals surface area contributed by atoms with Crippen molar-refractivity contribution >= 4 is 93.8 Å². The van der Waals surface area contributed by atoms with Gasteiger partial charge in [0.2, 0.25) is 65.0 Å². The molecule has 2 aromatic carbocycles. The number of fused-ring (bicyclic) bond motifs is 1. The molecule has 538 valence electrons. The van der Waals surface area contributed by atoms with Crippen LogP contribution in [-0.4, -0.2) is 226 Å². The van der Waals surface area contributed by atoms with E-state index in [4.69, 9.17) is 37.0 Å². The highest BCUT2D eigenvalue weighted by molar-refractivity contribution is 5.99. The Bertz CT molecular complexity index is 3270. The maximum Gasteiger partial charge on any atom is 0.300 e. The Morgan fingerprint density at radius 1 is 0.680 bits per heavy atom. The number of hydrogen-bond donors (Lipinski definition) is 18. The molecular formula is C59H91N17O21. The first kappa shape index (κ1) is 86.2. The van der Waals surface area contributed by atoms with Crippen molar-refractivity contribution in [1.82, 2.24) is 67.7 Å². The molecule has 0 aliphatic carbocycles. The van der Waals surface area contributed by atoms with E-state index in [1.165, 1.54) is 41.7 Å². The van der Waals surface area contributed by atoms with Crippen LogP contribution in [0.2, 0.25) is 0 Å². The molecule has 0 bridgehead atoms. The third-order valence-electron chi connectivity index (χ3n) is 14.1. The molecule has 0 unspecified atom stereocenters. The van der Waals surface area contributed by atoms with Crippen molar-refractivity contribution in [3.63, 3.8) is 0 Å². The molecule has 0 radical (unpaired) electrons. The van der Waals surface area contributed by atoms with Gasteiger partial charge in [0.15, 0.2) is 5.96 Å². The molecule has 11 amide bonds. The minimum Gasteiger partial charge on any atom is -0.508 e. The number of nitrogens with zero attached hydrogens (tertiary/aromatic N) is 3. The average Bonchev–Trinajstić information content (AvgIpc) is 1.76. The van der Waals surface area contributed by atoms with Gasteiger partial charge >= 0.3 is 0 Å². The summed E-state index contributed by atoms with van der Waals surface area (Å²) in [7, 11) is 0. The number of aliphatic imine (C=N–C) groups is 1. The predicted octanol–water partition coefficient (Wildman–Crippen LogP) is -7.50. The van der Waals surface area contributed by atoms with E-state index in [2.05, 4.69) is 67.8 Å². The monoisotopic (exact) mass is 1370 g/mol. The number of aromatic hydroxyl groups is 1. The molecule has 97 heavy (non-hydrogen) atoms. The molecule has 2 fully saturated rings. The SMILES string of the molecule is CC(=O)O.CC(=O)O.CC(C)C[C@H](NC(=O)CNC(=O)[C@H](Cc1ccc(O)cc1)NC(=O)[C@H](CO)NC(=O)[C@H](Cc1c[nH]c2ccccc12)NC(=O)[C@H](Cc1cnc[nH]1)NC(=O)[C@@H]1CCC(=O)N1)C(=O)N[C@@H](CCCN=C(N)N)C(=O)N1CCC[C@H]1C(=O)NCC(N)=O.O.O.O.O. The molecule has 29 N–H and O–H groups in total. The lowest BCUT2D eigenvalue weighted by atomic mass is 10.0. The summed E-state index contributed by atoms with van der Waals surface area (Å²) < 4.78 is 0. The van der Waals surface area contributed by atoms with Gasteiger partial charge in [-0.05, 0) is 73.8 Å². The normalized spacial score (nSPS) is 15.2. The predicted molar refractivity (Wildman–Crippen MR) is 346 cm³/mol. The fraction of sp³-hybridized carbons (Fsp3) is 0.475. The van der Waals surface area contributed by atoms with Gasteiger partial charge in [-0.25, -0.2) is 4.98 Å². The number of phenolic OH excluding ortho intramolecular Hbond substituents is 1. The summed E-state index contributed by atoms with van der Waals surface area (Å²) in [6.07, 6.45) is 5.24. The lowest BCUT2D eigenvalue weighted by molar-refractivity contribution is -0.142. The molecule has 8 atom stereocenters. The van der Waals surface area contributed by atoms with Crippen LogP contribution >= 0.6 is 0 Å². The minimum absolute atomic E-state index is 0. The summed E-state index contributed by atoms with van der Waals surface area (Å²) in [5.41, 5.74) is 18.3. The van der Waals surface area contributed by atoms with Crippen LogP contribution in [0.15, 0.2) is 72.2 Å². The fourth-order valence-corrected chi connectivity index (χ4v) is 9.79. The fourth-order valence-electron chi connectivity index (χ4n) is 9.79. The van der Waals surface area contributed by atoms with Crippen LogP contribution in [0.1, 0.15) is 89.5 Å². The minimum atomic E-state index is -1.76. The number of nitrogens with two attached hydrogens (primary N) is 3. The zero-order valence-corrected chi connectivity index (χ0v) is 53.8. The van der Waals surface area contributed by atoms with Crippen molar-refractivity contribution in [1.29, 1.82) is 0 Å². The van der Waals surface area contributed by atoms with Crippen LogP contribution in [0.25, 0.3) is 10.9 Å². The van der Waals surface area contributed by atoms with Crippen LogP contribution in [0.5, 0.6) is 5.75 Å². The molecule has 2 aliphatic rings. The Morgan fingerprint density at radius 2 is 1.26 bits per heavy atom. The number of guanidine groups is 1. The molecule has 6 rings (SSSR count). The first-order valence-corrected chi connectivity index (χ1v) is 29.7. The van der Waals surface area contributed by atoms with E-state index in [0.29, 0.717) is 34.1 Å². The second-order valence-electron chi connectivity index (χ2n) is 22.2. The summed E-state index contributed by atoms with van der Waals surface area (Å²) in [5.74, 6) is -10.5. The molecule has 2 aromatic heterocycles. The quantitative estimate of drug-likeness (QED) is 0.0126. The number of aromatic nitrogens is 3. The number of benzene rings is 2. The van der Waals surface area contributed by atoms with E-state index in [1.807, 2.05) is 0 Å². The number of likely N-dealkylation sites (tertiary alicyclic amines) is 1. The van der Waals surface area contributed by atoms with Crippen LogP contribution in [0, 0.1) is 5.92 Å². The van der Waals surface area contributed by atoms with Crippen LogP contribution < -0.4 is 65.1 Å². The highest BCUT2D eigenvalue weighted by atomic mass is 16.4. The molecule has 2 aliphatic heterocycles. The van der Waals surface area contributed by atoms with Gasteiger partial charge < -0.3 is 122 Å². The number of imidazole rings is 1. The van der Waals surface area contributed by atoms with E-state index in [-0.39, 0.29) is 116 Å². The van der Waals surface area contributed by atoms with Crippen molar-refractivity contribution in [3.05, 3.63) is 84.1 Å². The van der Waals surface area contributed by atoms with Gasteiger partial charge in [0.1, 0.15) is 54.1 Å². The smallest absolute Gasteiger partial charge is 0.300 e. The number of carboxylic acid groups (broad SMARTS) is 2. The number of carbonyl (C=O) groups excluding carboxylic acids is 11. The first-order valence-electron chi connectivity index (χ1n) is 29.7. The number of carboxylic acids is 2. The largest absolute Gasteiger partial charge is 0.508 e. The van der Waals surface area contributed by atoms with Crippen molar-refractivity contribution in [3.8, 4) is 5.75 Å². The zero-order valence-electron chi connectivity index (χ0n) is 53.8. The van der Waals surface area contributed by atoms with Gasteiger partial charge in [0.05, 0.1) is 26.0 Å². The van der Waals surface area contributed by atoms with E-state index in [9.17, 15) is 63.0 Å². The Labute approximate surface area is 555 Å². The van der Waals surface area contributed by atoms with Crippen LogP contribution in [0.4, 0.5) is 0 Å². The molecule has 38 nitrogen and oxygen atoms in total. The summed E-state index contributed by atoms with van der Waals surface area (Å²) >= 11 is 0. The number of hydrogen-bond acceptors (Lipinski definition) is 17. The van der Waals surface area contributed by atoms with Crippen LogP contribution in [-0.2, 0) is 81.6 Å². The van der Waals surface area contributed by atoms with Gasteiger partial charge in [-0.2, -0.15) is 0 Å². The lowest BCUT2D eigenvalue weighted by Gasteiger charge is -2.30. The Balaban J connectivity index is 0.00000726. The number of rotatable bonds is 31. The Morgan fingerprint density at radius 3 is 1.82 bits per heavy atom. The molecule has 38 heteroatoms. The topological polar surface area (TPSA) is 675 Å². The highest BCUT2D eigenvalue weighted by Gasteiger charge is 2.39. The van der Waals surface area contributed by atoms with Gasteiger partial charge in [-0.15, -0.1) is 0 Å². The van der Waals surface area contributed by atoms with Crippen molar-refractivity contribution in [2.45, 2.75) is 140 Å². The molecule has 4 aromatic rings. The maximum absolute atomic E-state index is 14.4. The molecular weight excluding hydrogens is 1280 g/mol. The van der Waals surface area contributed by atoms with Gasteiger partial charge in [0, 0.05) is 81.6 Å². The number of aromatic amines is 2. The molecule has 0 spiro atoms. The number of para-hydroxylation sites is 1. The van der Waals surface area contributed by atoms with Gasteiger partial charge in [-0.3, -0.25) is 67.3 Å².